The van der Waals surface area contributed by atoms with Crippen molar-refractivity contribution in [2.45, 2.75) is 18.9 Å². The van der Waals surface area contributed by atoms with Crippen LogP contribution in [0.2, 0.25) is 0 Å². The first-order valence-electron chi connectivity index (χ1n) is 3.84. The number of nitrogens with two attached hydrogens (primary N) is 1. The molecule has 2 fully saturated rings. The second-order valence-electron chi connectivity index (χ2n) is 3.32. The highest BCUT2D eigenvalue weighted by atomic mass is 14.9. The Kier molecular flexibility index (Phi) is 1.24. The van der Waals surface area contributed by atoms with Crippen LogP contribution in [0.4, 0.5) is 0 Å². The van der Waals surface area contributed by atoms with Crippen molar-refractivity contribution in [1.29, 1.82) is 0 Å². The van der Waals surface area contributed by atoms with E-state index in [1.54, 1.807) is 0 Å². The van der Waals surface area contributed by atoms with Gasteiger partial charge in [0, 0.05) is 6.04 Å². The Labute approximate surface area is 55.8 Å². The van der Waals surface area contributed by atoms with Gasteiger partial charge in [0.15, 0.2) is 0 Å². The molecule has 0 aromatic rings. The van der Waals surface area contributed by atoms with E-state index < -0.39 is 0 Å². The fourth-order valence-corrected chi connectivity index (χ4v) is 2.09. The minimum atomic E-state index is 0.539. The summed E-state index contributed by atoms with van der Waals surface area (Å²) < 4.78 is 0. The SMILES string of the molecule is N[C@H]1C[C@H]2CNCC[C@H]21. The zero-order valence-electron chi connectivity index (χ0n) is 5.64. The molecular weight excluding hydrogens is 112 g/mol. The van der Waals surface area contributed by atoms with Crippen molar-refractivity contribution >= 4 is 0 Å². The summed E-state index contributed by atoms with van der Waals surface area (Å²) in [5, 5.41) is 3.38. The molecule has 2 rings (SSSR count). The molecule has 1 heterocycles. The lowest BCUT2D eigenvalue weighted by atomic mass is 9.66. The molecule has 0 aromatic carbocycles. The molecule has 1 aliphatic carbocycles. The minimum Gasteiger partial charge on any atom is -0.327 e. The van der Waals surface area contributed by atoms with Crippen LogP contribution in [0.15, 0.2) is 0 Å². The van der Waals surface area contributed by atoms with Crippen molar-refractivity contribution in [1.82, 2.24) is 5.32 Å². The molecule has 3 atom stereocenters. The van der Waals surface area contributed by atoms with Gasteiger partial charge in [-0.3, -0.25) is 0 Å². The van der Waals surface area contributed by atoms with Crippen LogP contribution in [0.25, 0.3) is 0 Å². The van der Waals surface area contributed by atoms with E-state index in [1.807, 2.05) is 0 Å². The molecule has 3 N–H and O–H groups in total. The average Bonchev–Trinajstić information content (AvgIpc) is 1.86. The van der Waals surface area contributed by atoms with E-state index >= 15 is 0 Å². The van der Waals surface area contributed by atoms with Crippen molar-refractivity contribution < 1.29 is 0 Å². The molecule has 0 spiro atoms. The zero-order valence-corrected chi connectivity index (χ0v) is 5.64. The summed E-state index contributed by atoms with van der Waals surface area (Å²) >= 11 is 0. The first kappa shape index (κ1) is 5.69. The summed E-state index contributed by atoms with van der Waals surface area (Å²) in [5.41, 5.74) is 5.81. The van der Waals surface area contributed by atoms with Gasteiger partial charge in [0.2, 0.25) is 0 Å². The standard InChI is InChI=1S/C7H14N2/c8-7-3-5-4-9-2-1-6(5)7/h5-7,9H,1-4,8H2/t5-,6+,7-/m0/s1. The van der Waals surface area contributed by atoms with Crippen LogP contribution in [0, 0.1) is 11.8 Å². The van der Waals surface area contributed by atoms with Gasteiger partial charge in [-0.2, -0.15) is 0 Å². The van der Waals surface area contributed by atoms with Crippen molar-refractivity contribution in [2.24, 2.45) is 17.6 Å². The van der Waals surface area contributed by atoms with Gasteiger partial charge in [0.25, 0.3) is 0 Å². The fraction of sp³-hybridized carbons (Fsp3) is 1.00. The van der Waals surface area contributed by atoms with E-state index in [0.29, 0.717) is 6.04 Å². The fourth-order valence-electron chi connectivity index (χ4n) is 2.09. The van der Waals surface area contributed by atoms with E-state index in [2.05, 4.69) is 5.32 Å². The lowest BCUT2D eigenvalue weighted by Crippen LogP contribution is -2.55. The van der Waals surface area contributed by atoms with Gasteiger partial charge in [-0.1, -0.05) is 0 Å². The van der Waals surface area contributed by atoms with Crippen molar-refractivity contribution in [2.75, 3.05) is 13.1 Å². The van der Waals surface area contributed by atoms with Gasteiger partial charge < -0.3 is 11.1 Å². The molecular formula is C7H14N2. The number of fused-ring (bicyclic) bond motifs is 1. The second kappa shape index (κ2) is 1.96. The van der Waals surface area contributed by atoms with Crippen LogP contribution in [0.3, 0.4) is 0 Å². The Morgan fingerprint density at radius 2 is 2.33 bits per heavy atom. The monoisotopic (exact) mass is 126 g/mol. The summed E-state index contributed by atoms with van der Waals surface area (Å²) in [4.78, 5) is 0. The van der Waals surface area contributed by atoms with E-state index in [9.17, 15) is 0 Å². The number of nitrogens with one attached hydrogen (secondary N) is 1. The molecule has 2 nitrogen and oxygen atoms in total. The smallest absolute Gasteiger partial charge is 0.00739 e. The first-order chi connectivity index (χ1) is 4.38. The summed E-state index contributed by atoms with van der Waals surface area (Å²) in [6.07, 6.45) is 2.57. The van der Waals surface area contributed by atoms with Gasteiger partial charge in [-0.15, -0.1) is 0 Å². The van der Waals surface area contributed by atoms with E-state index in [1.165, 1.54) is 25.9 Å². The predicted molar refractivity (Wildman–Crippen MR) is 37.1 cm³/mol. The molecule has 2 aliphatic rings. The molecule has 0 unspecified atom stereocenters. The van der Waals surface area contributed by atoms with Crippen LogP contribution in [0.1, 0.15) is 12.8 Å². The Morgan fingerprint density at radius 3 is 2.89 bits per heavy atom. The molecule has 0 radical (unpaired) electrons. The zero-order chi connectivity index (χ0) is 6.27. The Morgan fingerprint density at radius 1 is 1.44 bits per heavy atom. The maximum atomic E-state index is 5.81. The Bertz CT molecular complexity index is 111. The van der Waals surface area contributed by atoms with Crippen LogP contribution >= 0.6 is 0 Å². The molecule has 2 heteroatoms. The molecule has 0 aromatic heterocycles. The van der Waals surface area contributed by atoms with Gasteiger partial charge in [-0.05, 0) is 37.8 Å². The predicted octanol–water partition coefficient (Wildman–Crippen LogP) is -0.0569. The van der Waals surface area contributed by atoms with Crippen LogP contribution < -0.4 is 11.1 Å². The third kappa shape index (κ3) is 0.775. The number of hydrogen-bond donors (Lipinski definition) is 2. The third-order valence-corrected chi connectivity index (χ3v) is 2.79. The summed E-state index contributed by atoms with van der Waals surface area (Å²) in [6, 6.07) is 0.539. The molecule has 9 heavy (non-hydrogen) atoms. The maximum absolute atomic E-state index is 5.81. The normalized spacial score (nSPS) is 49.7. The molecule has 0 bridgehead atoms. The number of hydrogen-bond acceptors (Lipinski definition) is 2. The van der Waals surface area contributed by atoms with E-state index in [0.717, 1.165) is 11.8 Å². The van der Waals surface area contributed by atoms with E-state index in [-0.39, 0.29) is 0 Å². The molecule has 1 saturated heterocycles. The molecule has 1 saturated carbocycles. The average molecular weight is 126 g/mol. The maximum Gasteiger partial charge on any atom is 0.00739 e. The topological polar surface area (TPSA) is 38.0 Å². The van der Waals surface area contributed by atoms with Crippen LogP contribution in [0.5, 0.6) is 0 Å². The highest BCUT2D eigenvalue weighted by molar-refractivity contribution is 4.95. The highest BCUT2D eigenvalue weighted by Gasteiger charge is 2.39. The van der Waals surface area contributed by atoms with Crippen LogP contribution in [-0.4, -0.2) is 19.1 Å². The number of piperidine rings is 1. The van der Waals surface area contributed by atoms with Gasteiger partial charge in [0.1, 0.15) is 0 Å². The van der Waals surface area contributed by atoms with Gasteiger partial charge in [0.05, 0.1) is 0 Å². The molecule has 0 amide bonds. The summed E-state index contributed by atoms with van der Waals surface area (Å²) in [5.74, 6) is 1.79. The first-order valence-corrected chi connectivity index (χ1v) is 3.84. The molecule has 1 aliphatic heterocycles. The largest absolute Gasteiger partial charge is 0.327 e. The van der Waals surface area contributed by atoms with E-state index in [4.69, 9.17) is 5.73 Å². The second-order valence-corrected chi connectivity index (χ2v) is 3.32. The Hall–Kier alpha value is -0.0800. The molecule has 52 valence electrons. The summed E-state index contributed by atoms with van der Waals surface area (Å²) in [7, 11) is 0. The van der Waals surface area contributed by atoms with Crippen molar-refractivity contribution in [3.8, 4) is 0 Å². The quantitative estimate of drug-likeness (QED) is 0.477. The van der Waals surface area contributed by atoms with Crippen LogP contribution in [-0.2, 0) is 0 Å². The third-order valence-electron chi connectivity index (χ3n) is 2.79. The number of rotatable bonds is 0. The lowest BCUT2D eigenvalue weighted by molar-refractivity contribution is 0.0967. The van der Waals surface area contributed by atoms with Crippen molar-refractivity contribution in [3.63, 3.8) is 0 Å². The summed E-state index contributed by atoms with van der Waals surface area (Å²) in [6.45, 7) is 2.41. The van der Waals surface area contributed by atoms with Crippen molar-refractivity contribution in [3.05, 3.63) is 0 Å². The Balaban J connectivity index is 1.94. The van der Waals surface area contributed by atoms with Gasteiger partial charge >= 0.3 is 0 Å². The lowest BCUT2D eigenvalue weighted by Gasteiger charge is -2.46. The highest BCUT2D eigenvalue weighted by Crippen LogP contribution is 2.36. The minimum absolute atomic E-state index is 0.539. The van der Waals surface area contributed by atoms with Gasteiger partial charge in [-0.25, -0.2) is 0 Å².